The molecule has 16 heavy (non-hydrogen) atoms. The highest BCUT2D eigenvalue weighted by Crippen LogP contribution is 2.24. The van der Waals surface area contributed by atoms with Crippen LogP contribution >= 0.6 is 0 Å². The van der Waals surface area contributed by atoms with Crippen molar-refractivity contribution in [3.05, 3.63) is 24.1 Å². The van der Waals surface area contributed by atoms with Gasteiger partial charge in [0.2, 0.25) is 0 Å². The lowest BCUT2D eigenvalue weighted by molar-refractivity contribution is 0.0763. The van der Waals surface area contributed by atoms with Crippen LogP contribution in [-0.4, -0.2) is 22.7 Å². The maximum atomic E-state index is 12.6. The molecule has 2 rings (SSSR count). The molecule has 2 N–H and O–H groups in total. The average molecular weight is 224 g/mol. The second kappa shape index (κ2) is 5.25. The standard InChI is InChI=1S/C12H17FN2O/c13-10-5-6-12(15-8-10)14-7-9-3-1-2-4-11(9)16/h5-6,8-9,11,16H,1-4,7H2,(H,14,15). The van der Waals surface area contributed by atoms with E-state index in [-0.39, 0.29) is 11.9 Å². The van der Waals surface area contributed by atoms with Gasteiger partial charge in [0.25, 0.3) is 0 Å². The van der Waals surface area contributed by atoms with Gasteiger partial charge >= 0.3 is 0 Å². The van der Waals surface area contributed by atoms with Crippen LogP contribution in [0, 0.1) is 11.7 Å². The Kier molecular flexibility index (Phi) is 3.72. The molecule has 0 aromatic carbocycles. The SMILES string of the molecule is OC1CCCCC1CNc1ccc(F)cn1. The molecule has 1 aromatic heterocycles. The van der Waals surface area contributed by atoms with Crippen molar-refractivity contribution in [2.24, 2.45) is 5.92 Å². The summed E-state index contributed by atoms with van der Waals surface area (Å²) in [5.74, 6) is 0.628. The Balaban J connectivity index is 1.84. The smallest absolute Gasteiger partial charge is 0.141 e. The number of hydrogen-bond donors (Lipinski definition) is 2. The van der Waals surface area contributed by atoms with Crippen molar-refractivity contribution in [3.63, 3.8) is 0 Å². The molecule has 0 spiro atoms. The molecule has 0 radical (unpaired) electrons. The van der Waals surface area contributed by atoms with Crippen LogP contribution in [0.4, 0.5) is 10.2 Å². The van der Waals surface area contributed by atoms with Gasteiger partial charge in [0.15, 0.2) is 0 Å². The summed E-state index contributed by atoms with van der Waals surface area (Å²) >= 11 is 0. The highest BCUT2D eigenvalue weighted by Gasteiger charge is 2.22. The Labute approximate surface area is 94.7 Å². The molecule has 1 aromatic rings. The largest absolute Gasteiger partial charge is 0.393 e. The molecule has 1 saturated carbocycles. The van der Waals surface area contributed by atoms with Crippen molar-refractivity contribution in [1.82, 2.24) is 4.98 Å². The van der Waals surface area contributed by atoms with Crippen LogP contribution in [0.15, 0.2) is 18.3 Å². The van der Waals surface area contributed by atoms with Crippen LogP contribution < -0.4 is 5.32 Å². The minimum Gasteiger partial charge on any atom is -0.393 e. The Morgan fingerprint density at radius 1 is 1.38 bits per heavy atom. The normalized spacial score (nSPS) is 25.4. The average Bonchev–Trinajstić information content (AvgIpc) is 2.30. The molecule has 1 fully saturated rings. The molecule has 1 aliphatic carbocycles. The number of nitrogens with zero attached hydrogens (tertiary/aromatic N) is 1. The lowest BCUT2D eigenvalue weighted by Crippen LogP contribution is -2.30. The maximum Gasteiger partial charge on any atom is 0.141 e. The van der Waals surface area contributed by atoms with E-state index in [9.17, 15) is 9.50 Å². The van der Waals surface area contributed by atoms with Crippen molar-refractivity contribution < 1.29 is 9.50 Å². The van der Waals surface area contributed by atoms with E-state index in [1.807, 2.05) is 0 Å². The van der Waals surface area contributed by atoms with E-state index in [4.69, 9.17) is 0 Å². The van der Waals surface area contributed by atoms with E-state index in [1.54, 1.807) is 6.07 Å². The molecule has 0 bridgehead atoms. The topological polar surface area (TPSA) is 45.1 Å². The summed E-state index contributed by atoms with van der Waals surface area (Å²) in [6, 6.07) is 3.00. The molecule has 0 aliphatic heterocycles. The van der Waals surface area contributed by atoms with E-state index in [0.29, 0.717) is 18.3 Å². The Bertz CT molecular complexity index is 328. The van der Waals surface area contributed by atoms with Gasteiger partial charge in [0.05, 0.1) is 12.3 Å². The maximum absolute atomic E-state index is 12.6. The predicted molar refractivity (Wildman–Crippen MR) is 60.6 cm³/mol. The van der Waals surface area contributed by atoms with E-state index < -0.39 is 0 Å². The molecule has 2 atom stereocenters. The molecule has 0 amide bonds. The molecule has 2 unspecified atom stereocenters. The summed E-state index contributed by atoms with van der Waals surface area (Å²) in [6.45, 7) is 0.708. The number of aliphatic hydroxyl groups is 1. The number of nitrogens with one attached hydrogen (secondary N) is 1. The number of hydrogen-bond acceptors (Lipinski definition) is 3. The first kappa shape index (κ1) is 11.3. The van der Waals surface area contributed by atoms with Crippen LogP contribution in [0.25, 0.3) is 0 Å². The van der Waals surface area contributed by atoms with Crippen LogP contribution in [0.2, 0.25) is 0 Å². The highest BCUT2D eigenvalue weighted by molar-refractivity contribution is 5.33. The highest BCUT2D eigenvalue weighted by atomic mass is 19.1. The fourth-order valence-electron chi connectivity index (χ4n) is 2.14. The Hall–Kier alpha value is -1.16. The van der Waals surface area contributed by atoms with Crippen molar-refractivity contribution in [1.29, 1.82) is 0 Å². The predicted octanol–water partition coefficient (Wildman–Crippen LogP) is 2.18. The zero-order chi connectivity index (χ0) is 11.4. The van der Waals surface area contributed by atoms with E-state index in [2.05, 4.69) is 10.3 Å². The molecule has 4 heteroatoms. The molecular formula is C12H17FN2O. The molecule has 1 heterocycles. The fourth-order valence-corrected chi connectivity index (χ4v) is 2.14. The molecule has 88 valence electrons. The number of halogens is 1. The van der Waals surface area contributed by atoms with Gasteiger partial charge in [-0.2, -0.15) is 0 Å². The second-order valence-electron chi connectivity index (χ2n) is 4.35. The summed E-state index contributed by atoms with van der Waals surface area (Å²) in [5, 5.41) is 12.9. The fraction of sp³-hybridized carbons (Fsp3) is 0.583. The minimum atomic E-state index is -0.330. The summed E-state index contributed by atoms with van der Waals surface area (Å²) < 4.78 is 12.6. The van der Waals surface area contributed by atoms with Crippen molar-refractivity contribution >= 4 is 5.82 Å². The number of rotatable bonds is 3. The van der Waals surface area contributed by atoms with Gasteiger partial charge in [-0.3, -0.25) is 0 Å². The Morgan fingerprint density at radius 2 is 2.19 bits per heavy atom. The van der Waals surface area contributed by atoms with E-state index in [0.717, 1.165) is 19.3 Å². The van der Waals surface area contributed by atoms with Gasteiger partial charge in [-0.15, -0.1) is 0 Å². The summed E-state index contributed by atoms with van der Waals surface area (Å²) in [5.41, 5.74) is 0. The first-order chi connectivity index (χ1) is 7.75. The van der Waals surface area contributed by atoms with Gasteiger partial charge in [-0.1, -0.05) is 12.8 Å². The van der Waals surface area contributed by atoms with E-state index >= 15 is 0 Å². The lowest BCUT2D eigenvalue weighted by atomic mass is 9.86. The third-order valence-electron chi connectivity index (χ3n) is 3.14. The number of anilines is 1. The van der Waals surface area contributed by atoms with Gasteiger partial charge in [0, 0.05) is 12.5 Å². The minimum absolute atomic E-state index is 0.207. The zero-order valence-electron chi connectivity index (χ0n) is 9.19. The van der Waals surface area contributed by atoms with Gasteiger partial charge in [0.1, 0.15) is 11.6 Å². The molecule has 0 saturated heterocycles. The third kappa shape index (κ3) is 2.92. The zero-order valence-corrected chi connectivity index (χ0v) is 9.19. The summed E-state index contributed by atoms with van der Waals surface area (Å²) in [4.78, 5) is 3.92. The van der Waals surface area contributed by atoms with Gasteiger partial charge in [-0.25, -0.2) is 9.37 Å². The quantitative estimate of drug-likeness (QED) is 0.827. The van der Waals surface area contributed by atoms with E-state index in [1.165, 1.54) is 18.7 Å². The summed E-state index contributed by atoms with van der Waals surface area (Å²) in [7, 11) is 0. The molecule has 3 nitrogen and oxygen atoms in total. The van der Waals surface area contributed by atoms with Gasteiger partial charge in [-0.05, 0) is 25.0 Å². The number of pyridine rings is 1. The van der Waals surface area contributed by atoms with Gasteiger partial charge < -0.3 is 10.4 Å². The molecular weight excluding hydrogens is 207 g/mol. The molecule has 1 aliphatic rings. The lowest BCUT2D eigenvalue weighted by Gasteiger charge is -2.27. The Morgan fingerprint density at radius 3 is 2.88 bits per heavy atom. The van der Waals surface area contributed by atoms with Crippen LogP contribution in [-0.2, 0) is 0 Å². The summed E-state index contributed by atoms with van der Waals surface area (Å²) in [6.07, 6.45) is 5.23. The van der Waals surface area contributed by atoms with Crippen molar-refractivity contribution in [2.75, 3.05) is 11.9 Å². The van der Waals surface area contributed by atoms with Crippen molar-refractivity contribution in [2.45, 2.75) is 31.8 Å². The second-order valence-corrected chi connectivity index (χ2v) is 4.35. The van der Waals surface area contributed by atoms with Crippen LogP contribution in [0.1, 0.15) is 25.7 Å². The number of aromatic nitrogens is 1. The number of aliphatic hydroxyl groups excluding tert-OH is 1. The van der Waals surface area contributed by atoms with Crippen LogP contribution in [0.5, 0.6) is 0 Å². The monoisotopic (exact) mass is 224 g/mol. The van der Waals surface area contributed by atoms with Crippen LogP contribution in [0.3, 0.4) is 0 Å². The third-order valence-corrected chi connectivity index (χ3v) is 3.14. The first-order valence-corrected chi connectivity index (χ1v) is 5.79. The van der Waals surface area contributed by atoms with Crippen molar-refractivity contribution in [3.8, 4) is 0 Å². The first-order valence-electron chi connectivity index (χ1n) is 5.79.